The number of carbonyl (C=O) groups excluding carboxylic acids is 1. The molecule has 6 nitrogen and oxygen atoms in total. The third-order valence-electron chi connectivity index (χ3n) is 4.97. The first-order valence-electron chi connectivity index (χ1n) is 10.1. The Morgan fingerprint density at radius 2 is 1.88 bits per heavy atom. The number of para-hydroxylation sites is 1. The van der Waals surface area contributed by atoms with Crippen LogP contribution in [0, 0.1) is 0 Å². The van der Waals surface area contributed by atoms with Crippen molar-refractivity contribution in [3.05, 3.63) is 83.4 Å². The number of alkyl halides is 2. The highest BCUT2D eigenvalue weighted by Gasteiger charge is 2.13. The number of amides is 1. The van der Waals surface area contributed by atoms with E-state index in [0.717, 1.165) is 17.5 Å². The molecule has 1 aromatic heterocycles. The maximum Gasteiger partial charge on any atom is 0.387 e. The molecule has 4 aromatic rings. The van der Waals surface area contributed by atoms with Gasteiger partial charge in [0.05, 0.1) is 5.52 Å². The van der Waals surface area contributed by atoms with E-state index in [1.54, 1.807) is 48.5 Å². The smallest absolute Gasteiger partial charge is 0.387 e. The van der Waals surface area contributed by atoms with Crippen molar-refractivity contribution < 1.29 is 23.0 Å². The number of hydrogen-bond donors (Lipinski definition) is 2. The zero-order valence-corrected chi connectivity index (χ0v) is 17.3. The fraction of sp³-hybridized carbons (Fsp3) is 0.167. The van der Waals surface area contributed by atoms with E-state index < -0.39 is 6.61 Å². The lowest BCUT2D eigenvalue weighted by atomic mass is 10.1. The predicted molar refractivity (Wildman–Crippen MR) is 117 cm³/mol. The molecule has 8 heteroatoms. The van der Waals surface area contributed by atoms with Crippen LogP contribution in [-0.4, -0.2) is 22.7 Å². The largest absolute Gasteiger partial charge is 0.489 e. The summed E-state index contributed by atoms with van der Waals surface area (Å²) in [4.78, 5) is 12.6. The predicted octanol–water partition coefficient (Wildman–Crippen LogP) is 5.56. The molecule has 0 saturated carbocycles. The van der Waals surface area contributed by atoms with E-state index in [0.29, 0.717) is 28.1 Å². The molecule has 0 aliphatic heterocycles. The summed E-state index contributed by atoms with van der Waals surface area (Å²) < 4.78 is 35.5. The molecule has 0 radical (unpaired) electrons. The van der Waals surface area contributed by atoms with E-state index in [9.17, 15) is 13.6 Å². The topological polar surface area (TPSA) is 76.2 Å². The summed E-state index contributed by atoms with van der Waals surface area (Å²) in [6, 6.07) is 19.1. The van der Waals surface area contributed by atoms with Crippen molar-refractivity contribution in [1.29, 1.82) is 0 Å². The number of ether oxygens (including phenoxy) is 2. The number of hydrogen-bond acceptors (Lipinski definition) is 4. The molecule has 1 amide bonds. The second-order valence-corrected chi connectivity index (χ2v) is 7.06. The minimum Gasteiger partial charge on any atom is -0.489 e. The molecule has 0 atom stereocenters. The van der Waals surface area contributed by atoms with Crippen LogP contribution in [0.2, 0.25) is 0 Å². The monoisotopic (exact) mass is 437 g/mol. The first-order chi connectivity index (χ1) is 15.5. The number of aryl methyl sites for hydroxylation is 1. The van der Waals surface area contributed by atoms with Gasteiger partial charge in [0.1, 0.15) is 18.1 Å². The molecule has 32 heavy (non-hydrogen) atoms. The summed E-state index contributed by atoms with van der Waals surface area (Å²) in [5, 5.41) is 10.5. The van der Waals surface area contributed by atoms with Crippen LogP contribution in [0.1, 0.15) is 28.4 Å². The average Bonchev–Trinajstić information content (AvgIpc) is 3.20. The quantitative estimate of drug-likeness (QED) is 0.379. The second kappa shape index (κ2) is 9.47. The van der Waals surface area contributed by atoms with E-state index in [2.05, 4.69) is 27.2 Å². The van der Waals surface area contributed by atoms with Gasteiger partial charge in [0, 0.05) is 16.5 Å². The molecule has 0 unspecified atom stereocenters. The number of carbonyl (C=O) groups is 1. The lowest BCUT2D eigenvalue weighted by Crippen LogP contribution is -2.12. The number of benzene rings is 3. The van der Waals surface area contributed by atoms with Crippen molar-refractivity contribution in [2.45, 2.75) is 26.6 Å². The van der Waals surface area contributed by atoms with Crippen LogP contribution < -0.4 is 14.8 Å². The lowest BCUT2D eigenvalue weighted by Gasteiger charge is -2.12. The molecule has 2 N–H and O–H groups in total. The van der Waals surface area contributed by atoms with Gasteiger partial charge in [-0.3, -0.25) is 9.89 Å². The fourth-order valence-corrected chi connectivity index (χ4v) is 3.24. The van der Waals surface area contributed by atoms with E-state index in [1.807, 2.05) is 12.1 Å². The molecule has 1 heterocycles. The van der Waals surface area contributed by atoms with Crippen molar-refractivity contribution in [3.8, 4) is 11.5 Å². The number of nitrogens with one attached hydrogen (secondary N) is 2. The number of rotatable bonds is 8. The van der Waals surface area contributed by atoms with Gasteiger partial charge in [0.15, 0.2) is 5.82 Å². The summed E-state index contributed by atoms with van der Waals surface area (Å²) in [5.74, 6) is 0.657. The fourth-order valence-electron chi connectivity index (χ4n) is 3.24. The highest BCUT2D eigenvalue weighted by Crippen LogP contribution is 2.28. The Bertz CT molecular complexity index is 1220. The normalized spacial score (nSPS) is 11.0. The Morgan fingerprint density at radius 1 is 1.09 bits per heavy atom. The molecule has 3 aromatic carbocycles. The minimum absolute atomic E-state index is 0.0394. The number of fused-ring (bicyclic) bond motifs is 1. The van der Waals surface area contributed by atoms with Crippen molar-refractivity contribution >= 4 is 22.6 Å². The highest BCUT2D eigenvalue weighted by molar-refractivity contribution is 6.08. The molecule has 0 saturated heterocycles. The van der Waals surface area contributed by atoms with Gasteiger partial charge in [0.2, 0.25) is 0 Å². The van der Waals surface area contributed by atoms with Gasteiger partial charge < -0.3 is 14.8 Å². The Hall–Kier alpha value is -3.94. The minimum atomic E-state index is -2.91. The van der Waals surface area contributed by atoms with Crippen molar-refractivity contribution in [2.24, 2.45) is 0 Å². The van der Waals surface area contributed by atoms with Gasteiger partial charge >= 0.3 is 6.61 Å². The summed E-state index contributed by atoms with van der Waals surface area (Å²) in [6.07, 6.45) is 0.896. The molecule has 0 fully saturated rings. The van der Waals surface area contributed by atoms with Crippen LogP contribution in [0.15, 0.2) is 66.7 Å². The number of halogens is 2. The van der Waals surface area contributed by atoms with Crippen LogP contribution in [0.3, 0.4) is 0 Å². The Labute approximate surface area is 183 Å². The van der Waals surface area contributed by atoms with Gasteiger partial charge in [-0.25, -0.2) is 0 Å². The summed E-state index contributed by atoms with van der Waals surface area (Å²) in [7, 11) is 0. The van der Waals surface area contributed by atoms with Gasteiger partial charge in [-0.05, 0) is 48.4 Å². The zero-order valence-electron chi connectivity index (χ0n) is 17.3. The number of aromatic nitrogens is 2. The van der Waals surface area contributed by atoms with Crippen LogP contribution in [0.4, 0.5) is 14.6 Å². The summed E-state index contributed by atoms with van der Waals surface area (Å²) in [5.41, 5.74) is 2.88. The molecule has 0 aliphatic carbocycles. The standard InChI is InChI=1S/C24H21F2N3O3/c1-2-15-7-9-16(10-8-15)23(30)27-22-19-13-18(11-12-20(19)28-29-22)31-14-17-5-3-4-6-21(17)32-24(25)26/h3-13,24H,2,14H2,1H3,(H2,27,28,29,30). The van der Waals surface area contributed by atoms with Crippen LogP contribution in [0.25, 0.3) is 10.9 Å². The number of anilines is 1. The van der Waals surface area contributed by atoms with Crippen LogP contribution in [0.5, 0.6) is 11.5 Å². The number of H-pyrrole nitrogens is 1. The molecular formula is C24H21F2N3O3. The van der Waals surface area contributed by atoms with Gasteiger partial charge in [-0.1, -0.05) is 37.3 Å². The first-order valence-corrected chi connectivity index (χ1v) is 10.1. The van der Waals surface area contributed by atoms with Crippen molar-refractivity contribution in [2.75, 3.05) is 5.32 Å². The zero-order chi connectivity index (χ0) is 22.5. The van der Waals surface area contributed by atoms with E-state index in [1.165, 1.54) is 6.07 Å². The maximum absolute atomic E-state index is 12.6. The van der Waals surface area contributed by atoms with Gasteiger partial charge in [-0.2, -0.15) is 13.9 Å². The molecule has 0 bridgehead atoms. The Balaban J connectivity index is 1.50. The van der Waals surface area contributed by atoms with E-state index >= 15 is 0 Å². The number of aromatic amines is 1. The summed E-state index contributed by atoms with van der Waals surface area (Å²) in [6.45, 7) is -0.824. The number of nitrogens with zero attached hydrogens (tertiary/aromatic N) is 1. The van der Waals surface area contributed by atoms with Gasteiger partial charge in [0.25, 0.3) is 5.91 Å². The Kier molecular flexibility index (Phi) is 6.30. The third kappa shape index (κ3) is 4.85. The molecule has 0 spiro atoms. The van der Waals surface area contributed by atoms with Gasteiger partial charge in [-0.15, -0.1) is 0 Å². The van der Waals surface area contributed by atoms with Crippen LogP contribution in [-0.2, 0) is 13.0 Å². The SMILES string of the molecule is CCc1ccc(C(=O)Nc2n[nH]c3ccc(OCc4ccccc4OC(F)F)cc23)cc1. The van der Waals surface area contributed by atoms with Crippen molar-refractivity contribution in [1.82, 2.24) is 10.2 Å². The molecular weight excluding hydrogens is 416 g/mol. The average molecular weight is 437 g/mol. The van der Waals surface area contributed by atoms with E-state index in [4.69, 9.17) is 4.74 Å². The van der Waals surface area contributed by atoms with E-state index in [-0.39, 0.29) is 18.3 Å². The second-order valence-electron chi connectivity index (χ2n) is 7.06. The molecule has 4 rings (SSSR count). The summed E-state index contributed by atoms with van der Waals surface area (Å²) >= 11 is 0. The lowest BCUT2D eigenvalue weighted by molar-refractivity contribution is -0.0508. The molecule has 0 aliphatic rings. The molecule has 164 valence electrons. The Morgan fingerprint density at radius 3 is 2.62 bits per heavy atom. The van der Waals surface area contributed by atoms with Crippen LogP contribution >= 0.6 is 0 Å². The maximum atomic E-state index is 12.6. The first kappa shape index (κ1) is 21.3. The highest BCUT2D eigenvalue weighted by atomic mass is 19.3. The third-order valence-corrected chi connectivity index (χ3v) is 4.97. The van der Waals surface area contributed by atoms with Crippen molar-refractivity contribution in [3.63, 3.8) is 0 Å².